The molecule has 5 rings (SSSR count). The van der Waals surface area contributed by atoms with Crippen molar-refractivity contribution in [2.75, 3.05) is 5.32 Å². The highest BCUT2D eigenvalue weighted by Crippen LogP contribution is 2.37. The quantitative estimate of drug-likeness (QED) is 0.385. The van der Waals surface area contributed by atoms with Gasteiger partial charge in [0.15, 0.2) is 0 Å². The Morgan fingerprint density at radius 2 is 1.74 bits per heavy atom. The number of rotatable bonds is 2. The van der Waals surface area contributed by atoms with E-state index in [1.807, 2.05) is 60.4 Å². The lowest BCUT2D eigenvalue weighted by molar-refractivity contribution is 0.194. The van der Waals surface area contributed by atoms with Crippen LogP contribution >= 0.6 is 11.6 Å². The summed E-state index contributed by atoms with van der Waals surface area (Å²) >= 11 is 6.19. The second kappa shape index (κ2) is 7.97. The zero-order valence-electron chi connectivity index (χ0n) is 17.1. The summed E-state index contributed by atoms with van der Waals surface area (Å²) in [4.78, 5) is 15.6. The van der Waals surface area contributed by atoms with E-state index in [0.29, 0.717) is 11.6 Å². The first-order chi connectivity index (χ1) is 15.1. The third kappa shape index (κ3) is 3.60. The van der Waals surface area contributed by atoms with Crippen molar-refractivity contribution in [3.05, 3.63) is 119 Å². The van der Waals surface area contributed by atoms with E-state index in [0.717, 1.165) is 33.8 Å². The first-order valence-electron chi connectivity index (χ1n) is 10.3. The minimum Gasteiger partial charge on any atom is -0.318 e. The van der Waals surface area contributed by atoms with Crippen LogP contribution in [0.4, 0.5) is 10.5 Å². The number of fused-ring (bicyclic) bond motifs is 3. The molecular formula is C26H22ClN3O. The molecule has 2 amide bonds. The van der Waals surface area contributed by atoms with E-state index in [1.165, 1.54) is 0 Å². The molecule has 1 aliphatic heterocycles. The second-order valence-electron chi connectivity index (χ2n) is 7.76. The van der Waals surface area contributed by atoms with Crippen molar-refractivity contribution >= 4 is 23.3 Å². The second-order valence-corrected chi connectivity index (χ2v) is 8.20. The van der Waals surface area contributed by atoms with E-state index in [1.54, 1.807) is 6.07 Å². The summed E-state index contributed by atoms with van der Waals surface area (Å²) in [5.74, 6) is 0. The lowest BCUT2D eigenvalue weighted by Gasteiger charge is -2.31. The van der Waals surface area contributed by atoms with Gasteiger partial charge in [-0.05, 0) is 53.9 Å². The van der Waals surface area contributed by atoms with E-state index in [4.69, 9.17) is 11.6 Å². The molecule has 1 aliphatic rings. The average Bonchev–Trinajstić information content (AvgIpc) is 3.21. The molecule has 0 bridgehead atoms. The Hall–Kier alpha value is -3.50. The number of carbonyl (C=O) groups excluding carboxylic acids is 1. The number of nitrogens with one attached hydrogen (secondary N) is 1. The lowest BCUT2D eigenvalue weighted by atomic mass is 10.0. The Balaban J connectivity index is 1.63. The molecule has 3 aromatic carbocycles. The van der Waals surface area contributed by atoms with E-state index >= 15 is 0 Å². The van der Waals surface area contributed by atoms with Gasteiger partial charge in [-0.15, -0.1) is 0 Å². The Labute approximate surface area is 186 Å². The molecule has 0 radical (unpaired) electrons. The van der Waals surface area contributed by atoms with Crippen molar-refractivity contribution < 1.29 is 4.79 Å². The first kappa shape index (κ1) is 19.5. The summed E-state index contributed by atoms with van der Waals surface area (Å²) < 4.78 is 2.19. The van der Waals surface area contributed by atoms with Gasteiger partial charge in [-0.3, -0.25) is 0 Å². The third-order valence-corrected chi connectivity index (χ3v) is 6.02. The maximum Gasteiger partial charge on any atom is 0.322 e. The summed E-state index contributed by atoms with van der Waals surface area (Å²) in [6.45, 7) is 2.45. The average molecular weight is 428 g/mol. The highest BCUT2D eigenvalue weighted by Gasteiger charge is 2.33. The third-order valence-electron chi connectivity index (χ3n) is 5.78. The van der Waals surface area contributed by atoms with Crippen molar-refractivity contribution in [1.82, 2.24) is 9.47 Å². The molecule has 1 atom stereocenters. The SMILES string of the molecule is Cc1ccc(Cl)cc1NC(=O)N1Cc2ccccc2-n2cccc2[C@H]1c1ccccc1. The van der Waals surface area contributed by atoms with Crippen LogP contribution in [0.1, 0.15) is 28.4 Å². The van der Waals surface area contributed by atoms with Crippen LogP contribution in [0.2, 0.25) is 5.02 Å². The number of benzene rings is 3. The van der Waals surface area contributed by atoms with Gasteiger partial charge in [-0.2, -0.15) is 0 Å². The van der Waals surface area contributed by atoms with Gasteiger partial charge in [-0.25, -0.2) is 4.79 Å². The van der Waals surface area contributed by atoms with Gasteiger partial charge in [0.05, 0.1) is 18.3 Å². The van der Waals surface area contributed by atoms with Crippen LogP contribution < -0.4 is 5.32 Å². The number of halogens is 1. The fourth-order valence-electron chi connectivity index (χ4n) is 4.24. The molecule has 31 heavy (non-hydrogen) atoms. The Morgan fingerprint density at radius 3 is 2.58 bits per heavy atom. The molecule has 0 unspecified atom stereocenters. The molecular weight excluding hydrogens is 406 g/mol. The lowest BCUT2D eigenvalue weighted by Crippen LogP contribution is -2.38. The zero-order valence-corrected chi connectivity index (χ0v) is 17.9. The number of aromatic nitrogens is 1. The molecule has 0 saturated carbocycles. The van der Waals surface area contributed by atoms with E-state index < -0.39 is 0 Å². The van der Waals surface area contributed by atoms with Crippen LogP contribution in [0.5, 0.6) is 0 Å². The number of para-hydroxylation sites is 1. The highest BCUT2D eigenvalue weighted by atomic mass is 35.5. The predicted molar refractivity (Wildman–Crippen MR) is 125 cm³/mol. The molecule has 1 aromatic heterocycles. The molecule has 5 heteroatoms. The fraction of sp³-hybridized carbons (Fsp3) is 0.115. The Kier molecular flexibility index (Phi) is 5.00. The molecule has 0 spiro atoms. The van der Waals surface area contributed by atoms with Crippen molar-refractivity contribution in [1.29, 1.82) is 0 Å². The molecule has 0 fully saturated rings. The van der Waals surface area contributed by atoms with Crippen molar-refractivity contribution in [2.45, 2.75) is 19.5 Å². The maximum atomic E-state index is 13.7. The molecule has 2 heterocycles. The number of nitrogens with zero attached hydrogens (tertiary/aromatic N) is 2. The largest absolute Gasteiger partial charge is 0.322 e. The number of hydrogen-bond acceptors (Lipinski definition) is 1. The van der Waals surface area contributed by atoms with Crippen molar-refractivity contribution in [3.8, 4) is 5.69 Å². The summed E-state index contributed by atoms with van der Waals surface area (Å²) in [6, 6.07) is 27.6. The summed E-state index contributed by atoms with van der Waals surface area (Å²) in [5.41, 5.74) is 5.99. The maximum absolute atomic E-state index is 13.7. The van der Waals surface area contributed by atoms with Gasteiger partial charge in [0, 0.05) is 22.6 Å². The summed E-state index contributed by atoms with van der Waals surface area (Å²) in [5, 5.41) is 3.69. The first-order valence-corrected chi connectivity index (χ1v) is 10.6. The highest BCUT2D eigenvalue weighted by molar-refractivity contribution is 6.31. The minimum absolute atomic E-state index is 0.163. The predicted octanol–water partition coefficient (Wildman–Crippen LogP) is 6.58. The summed E-state index contributed by atoms with van der Waals surface area (Å²) in [7, 11) is 0. The summed E-state index contributed by atoms with van der Waals surface area (Å²) in [6.07, 6.45) is 2.06. The van der Waals surface area contributed by atoms with Gasteiger partial charge in [0.1, 0.15) is 0 Å². The Morgan fingerprint density at radius 1 is 0.968 bits per heavy atom. The van der Waals surface area contributed by atoms with Crippen molar-refractivity contribution in [3.63, 3.8) is 0 Å². The van der Waals surface area contributed by atoms with E-state index in [-0.39, 0.29) is 12.1 Å². The normalized spacial score (nSPS) is 15.0. The zero-order chi connectivity index (χ0) is 21.4. The van der Waals surface area contributed by atoms with Crippen molar-refractivity contribution in [2.24, 2.45) is 0 Å². The number of anilines is 1. The number of urea groups is 1. The van der Waals surface area contributed by atoms with Gasteiger partial charge >= 0.3 is 6.03 Å². The van der Waals surface area contributed by atoms with E-state index in [9.17, 15) is 4.79 Å². The molecule has 154 valence electrons. The molecule has 1 N–H and O–H groups in total. The smallest absolute Gasteiger partial charge is 0.318 e. The molecule has 0 saturated heterocycles. The fourth-order valence-corrected chi connectivity index (χ4v) is 4.41. The molecule has 4 aromatic rings. The standard InChI is InChI=1S/C26H22ClN3O/c1-18-13-14-21(27)16-22(18)28-26(31)30-17-20-10-5-6-11-23(20)29-15-7-12-24(29)25(30)19-8-3-2-4-9-19/h2-16,25H,17H2,1H3,(H,28,31)/t25-/m1/s1. The van der Waals surface area contributed by atoms with Gasteiger partial charge < -0.3 is 14.8 Å². The Bertz CT molecular complexity index is 1250. The van der Waals surface area contributed by atoms with Crippen LogP contribution in [0.25, 0.3) is 5.69 Å². The van der Waals surface area contributed by atoms with Crippen LogP contribution in [0.3, 0.4) is 0 Å². The van der Waals surface area contributed by atoms with Gasteiger partial charge in [0.25, 0.3) is 0 Å². The van der Waals surface area contributed by atoms with Gasteiger partial charge in [-0.1, -0.05) is 66.2 Å². The number of aryl methyl sites for hydroxylation is 1. The van der Waals surface area contributed by atoms with E-state index in [2.05, 4.69) is 46.4 Å². The van der Waals surface area contributed by atoms with Crippen LogP contribution in [0, 0.1) is 6.92 Å². The molecule has 0 aliphatic carbocycles. The van der Waals surface area contributed by atoms with Gasteiger partial charge in [0.2, 0.25) is 0 Å². The van der Waals surface area contributed by atoms with Crippen LogP contribution in [-0.2, 0) is 6.54 Å². The molecule has 4 nitrogen and oxygen atoms in total. The monoisotopic (exact) mass is 427 g/mol. The number of hydrogen-bond donors (Lipinski definition) is 1. The number of amides is 2. The number of carbonyl (C=O) groups is 1. The topological polar surface area (TPSA) is 37.3 Å². The van der Waals surface area contributed by atoms with Crippen LogP contribution in [0.15, 0.2) is 91.1 Å². The minimum atomic E-state index is -0.233. The van der Waals surface area contributed by atoms with Crippen LogP contribution in [-0.4, -0.2) is 15.5 Å².